The summed E-state index contributed by atoms with van der Waals surface area (Å²) in [5.41, 5.74) is 1.68. The van der Waals surface area contributed by atoms with Crippen molar-refractivity contribution in [2.24, 2.45) is 0 Å². The van der Waals surface area contributed by atoms with Crippen LogP contribution in [-0.4, -0.2) is 23.5 Å². The number of halogens is 1. The predicted octanol–water partition coefficient (Wildman–Crippen LogP) is 3.61. The molecule has 2 N–H and O–H groups in total. The van der Waals surface area contributed by atoms with E-state index in [2.05, 4.69) is 10.6 Å². The molecule has 1 aliphatic rings. The molecule has 1 fully saturated rings. The lowest BCUT2D eigenvalue weighted by atomic mass is 10.1. The van der Waals surface area contributed by atoms with Gasteiger partial charge in [0.25, 0.3) is 0 Å². The minimum Gasteiger partial charge on any atom is -0.381 e. The van der Waals surface area contributed by atoms with Gasteiger partial charge in [-0.05, 0) is 42.5 Å². The van der Waals surface area contributed by atoms with Gasteiger partial charge in [-0.1, -0.05) is 11.6 Å². The van der Waals surface area contributed by atoms with Crippen LogP contribution in [0.15, 0.2) is 18.2 Å². The molecule has 2 rings (SSSR count). The second-order valence-electron chi connectivity index (χ2n) is 4.41. The molecule has 18 heavy (non-hydrogen) atoms. The fraction of sp³-hybridized carbons (Fsp3) is 0.462. The highest BCUT2D eigenvalue weighted by molar-refractivity contribution is 7.99. The third-order valence-corrected chi connectivity index (χ3v) is 4.23. The average Bonchev–Trinajstić information content (AvgIpc) is 2.33. The lowest BCUT2D eigenvalue weighted by Gasteiger charge is -2.24. The third-order valence-electron chi connectivity index (χ3n) is 2.87. The van der Waals surface area contributed by atoms with Crippen molar-refractivity contribution in [2.45, 2.75) is 25.8 Å². The van der Waals surface area contributed by atoms with Gasteiger partial charge in [-0.15, -0.1) is 0 Å². The van der Waals surface area contributed by atoms with Gasteiger partial charge >= 0.3 is 0 Å². The lowest BCUT2D eigenvalue weighted by Crippen LogP contribution is -2.24. The number of nitrogens with one attached hydrogen (secondary N) is 2. The van der Waals surface area contributed by atoms with E-state index in [1.54, 1.807) is 6.07 Å². The van der Waals surface area contributed by atoms with Crippen LogP contribution in [0.25, 0.3) is 0 Å². The number of amides is 1. The molecule has 0 spiro atoms. The van der Waals surface area contributed by atoms with Crippen molar-refractivity contribution in [3.05, 3.63) is 23.2 Å². The Kier molecular flexibility index (Phi) is 4.78. The highest BCUT2D eigenvalue weighted by atomic mass is 35.5. The Hall–Kier alpha value is -0.870. The van der Waals surface area contributed by atoms with Crippen LogP contribution in [0.4, 0.5) is 11.4 Å². The van der Waals surface area contributed by atoms with Crippen molar-refractivity contribution in [2.75, 3.05) is 22.1 Å². The van der Waals surface area contributed by atoms with Gasteiger partial charge in [0, 0.05) is 18.7 Å². The Morgan fingerprint density at radius 3 is 2.72 bits per heavy atom. The van der Waals surface area contributed by atoms with Gasteiger partial charge in [0.05, 0.1) is 10.7 Å². The van der Waals surface area contributed by atoms with Crippen molar-refractivity contribution in [3.8, 4) is 0 Å². The van der Waals surface area contributed by atoms with Crippen LogP contribution in [0.2, 0.25) is 5.02 Å². The molecule has 0 aromatic heterocycles. The molecular formula is C13H17ClN2OS. The SMILES string of the molecule is CC(=O)Nc1ccc(NC2CCSCC2)c(Cl)c1. The van der Waals surface area contributed by atoms with E-state index in [4.69, 9.17) is 11.6 Å². The number of hydrogen-bond donors (Lipinski definition) is 2. The molecule has 5 heteroatoms. The number of carbonyl (C=O) groups excluding carboxylic acids is 1. The number of thioether (sulfide) groups is 1. The van der Waals surface area contributed by atoms with Crippen LogP contribution in [0.3, 0.4) is 0 Å². The average molecular weight is 285 g/mol. The van der Waals surface area contributed by atoms with E-state index in [0.717, 1.165) is 11.4 Å². The zero-order valence-corrected chi connectivity index (χ0v) is 11.9. The number of hydrogen-bond acceptors (Lipinski definition) is 3. The summed E-state index contributed by atoms with van der Waals surface area (Å²) in [6.07, 6.45) is 2.35. The molecule has 1 aliphatic heterocycles. The van der Waals surface area contributed by atoms with Crippen LogP contribution in [-0.2, 0) is 4.79 Å². The minimum atomic E-state index is -0.0870. The van der Waals surface area contributed by atoms with Crippen LogP contribution in [0, 0.1) is 0 Å². The van der Waals surface area contributed by atoms with E-state index >= 15 is 0 Å². The molecule has 0 aliphatic carbocycles. The van der Waals surface area contributed by atoms with Crippen molar-refractivity contribution in [3.63, 3.8) is 0 Å². The highest BCUT2D eigenvalue weighted by Crippen LogP contribution is 2.28. The lowest BCUT2D eigenvalue weighted by molar-refractivity contribution is -0.114. The van der Waals surface area contributed by atoms with Crippen molar-refractivity contribution in [1.29, 1.82) is 0 Å². The first-order chi connectivity index (χ1) is 8.65. The topological polar surface area (TPSA) is 41.1 Å². The van der Waals surface area contributed by atoms with E-state index in [1.807, 2.05) is 23.9 Å². The highest BCUT2D eigenvalue weighted by Gasteiger charge is 2.14. The van der Waals surface area contributed by atoms with Crippen molar-refractivity contribution in [1.82, 2.24) is 0 Å². The fourth-order valence-electron chi connectivity index (χ4n) is 1.98. The maximum Gasteiger partial charge on any atom is 0.221 e. The van der Waals surface area contributed by atoms with Gasteiger partial charge in [-0.2, -0.15) is 11.8 Å². The molecule has 1 heterocycles. The third kappa shape index (κ3) is 3.82. The standard InChI is InChI=1S/C13H17ClN2OS/c1-9(17)15-11-2-3-13(12(14)8-11)16-10-4-6-18-7-5-10/h2-3,8,10,16H,4-7H2,1H3,(H,15,17). The summed E-state index contributed by atoms with van der Waals surface area (Å²) >= 11 is 8.22. The van der Waals surface area contributed by atoms with E-state index in [9.17, 15) is 4.79 Å². The molecule has 0 saturated carbocycles. The smallest absolute Gasteiger partial charge is 0.221 e. The summed E-state index contributed by atoms with van der Waals surface area (Å²) in [7, 11) is 0. The first-order valence-corrected chi connectivity index (χ1v) is 7.60. The molecule has 0 radical (unpaired) electrons. The number of benzene rings is 1. The first-order valence-electron chi connectivity index (χ1n) is 6.06. The normalized spacial score (nSPS) is 16.3. The van der Waals surface area contributed by atoms with Gasteiger partial charge in [0.1, 0.15) is 0 Å². The summed E-state index contributed by atoms with van der Waals surface area (Å²) in [5, 5.41) is 6.85. The van der Waals surface area contributed by atoms with E-state index in [1.165, 1.54) is 31.3 Å². The van der Waals surface area contributed by atoms with Crippen molar-refractivity contribution < 1.29 is 4.79 Å². The molecule has 3 nitrogen and oxygen atoms in total. The monoisotopic (exact) mass is 284 g/mol. The van der Waals surface area contributed by atoms with Gasteiger partial charge in [-0.3, -0.25) is 4.79 Å². The molecule has 0 bridgehead atoms. The molecule has 1 aromatic rings. The van der Waals surface area contributed by atoms with Crippen LogP contribution in [0.5, 0.6) is 0 Å². The number of anilines is 2. The molecule has 1 saturated heterocycles. The second-order valence-corrected chi connectivity index (χ2v) is 6.04. The molecule has 98 valence electrons. The van der Waals surface area contributed by atoms with Crippen LogP contribution >= 0.6 is 23.4 Å². The van der Waals surface area contributed by atoms with E-state index in [-0.39, 0.29) is 5.91 Å². The molecular weight excluding hydrogens is 268 g/mol. The predicted molar refractivity (Wildman–Crippen MR) is 79.7 cm³/mol. The second kappa shape index (κ2) is 6.34. The number of carbonyl (C=O) groups is 1. The summed E-state index contributed by atoms with van der Waals surface area (Å²) < 4.78 is 0. The quantitative estimate of drug-likeness (QED) is 0.891. The summed E-state index contributed by atoms with van der Waals surface area (Å²) in [4.78, 5) is 11.0. The summed E-state index contributed by atoms with van der Waals surface area (Å²) in [5.74, 6) is 2.33. The van der Waals surface area contributed by atoms with E-state index < -0.39 is 0 Å². The van der Waals surface area contributed by atoms with Crippen LogP contribution in [0.1, 0.15) is 19.8 Å². The summed E-state index contributed by atoms with van der Waals surface area (Å²) in [6, 6.07) is 6.08. The molecule has 1 aromatic carbocycles. The maximum absolute atomic E-state index is 11.0. The largest absolute Gasteiger partial charge is 0.381 e. The Balaban J connectivity index is 2.02. The molecule has 0 atom stereocenters. The van der Waals surface area contributed by atoms with Crippen LogP contribution < -0.4 is 10.6 Å². The maximum atomic E-state index is 11.0. The van der Waals surface area contributed by atoms with Gasteiger partial charge in [0.2, 0.25) is 5.91 Å². The minimum absolute atomic E-state index is 0.0870. The molecule has 1 amide bonds. The van der Waals surface area contributed by atoms with Gasteiger partial charge < -0.3 is 10.6 Å². The zero-order valence-electron chi connectivity index (χ0n) is 10.3. The first kappa shape index (κ1) is 13.6. The molecule has 0 unspecified atom stereocenters. The van der Waals surface area contributed by atoms with Crippen molar-refractivity contribution >= 4 is 40.6 Å². The zero-order chi connectivity index (χ0) is 13.0. The fourth-order valence-corrected chi connectivity index (χ4v) is 3.32. The Bertz CT molecular complexity index is 433. The Labute approximate surface area is 117 Å². The van der Waals surface area contributed by atoms with E-state index in [0.29, 0.717) is 11.1 Å². The van der Waals surface area contributed by atoms with Gasteiger partial charge in [-0.25, -0.2) is 0 Å². The summed E-state index contributed by atoms with van der Waals surface area (Å²) in [6.45, 7) is 1.49. The van der Waals surface area contributed by atoms with Gasteiger partial charge in [0.15, 0.2) is 0 Å². The Morgan fingerprint density at radius 2 is 2.11 bits per heavy atom. The number of rotatable bonds is 3. The Morgan fingerprint density at radius 1 is 1.39 bits per heavy atom.